The van der Waals surface area contributed by atoms with Crippen LogP contribution in [-0.4, -0.2) is 24.7 Å². The Morgan fingerprint density at radius 3 is 2.71 bits per heavy atom. The molecule has 2 rings (SSSR count). The van der Waals surface area contributed by atoms with Crippen LogP contribution in [0.2, 0.25) is 0 Å². The number of anilines is 1. The van der Waals surface area contributed by atoms with Crippen LogP contribution in [0.15, 0.2) is 18.2 Å². The van der Waals surface area contributed by atoms with Crippen LogP contribution in [0.1, 0.15) is 52.1 Å². The van der Waals surface area contributed by atoms with Crippen LogP contribution in [0.25, 0.3) is 0 Å². The van der Waals surface area contributed by atoms with Crippen molar-refractivity contribution >= 4 is 5.69 Å². The number of hydrogen-bond acceptors (Lipinski definition) is 3. The van der Waals surface area contributed by atoms with Crippen molar-refractivity contribution in [2.75, 3.05) is 24.5 Å². The number of nitrogens with zero attached hydrogens (tertiary/aromatic N) is 1. The number of benzene rings is 1. The summed E-state index contributed by atoms with van der Waals surface area (Å²) in [7, 11) is 0. The van der Waals surface area contributed by atoms with E-state index in [1.54, 1.807) is 0 Å². The van der Waals surface area contributed by atoms with Crippen LogP contribution in [0.5, 0.6) is 5.75 Å². The van der Waals surface area contributed by atoms with E-state index in [2.05, 4.69) is 50.0 Å². The molecule has 1 aliphatic heterocycles. The van der Waals surface area contributed by atoms with Gasteiger partial charge < -0.3 is 15.3 Å². The molecule has 0 bridgehead atoms. The highest BCUT2D eigenvalue weighted by atomic mass is 16.3. The standard InChI is InChI=1S/C18H30N2O/c1-5-9-19-15(4)17-7-6-16(11-18(17)21)20-10-8-13(2)14(3)12-20/h6-7,11,13-15,19,21H,5,8-10,12H2,1-4H3. The number of nitrogens with one attached hydrogen (secondary N) is 1. The summed E-state index contributed by atoms with van der Waals surface area (Å²) < 4.78 is 0. The third kappa shape index (κ3) is 3.91. The Bertz CT molecular complexity index is 461. The number of piperidine rings is 1. The van der Waals surface area contributed by atoms with Crippen molar-refractivity contribution in [3.05, 3.63) is 23.8 Å². The van der Waals surface area contributed by atoms with E-state index in [-0.39, 0.29) is 6.04 Å². The second-order valence-corrected chi connectivity index (χ2v) is 6.61. The number of aromatic hydroxyl groups is 1. The van der Waals surface area contributed by atoms with Crippen molar-refractivity contribution in [1.82, 2.24) is 5.32 Å². The number of rotatable bonds is 5. The topological polar surface area (TPSA) is 35.5 Å². The van der Waals surface area contributed by atoms with E-state index in [9.17, 15) is 5.11 Å². The average Bonchev–Trinajstić information content (AvgIpc) is 2.47. The Balaban J connectivity index is 2.08. The van der Waals surface area contributed by atoms with Gasteiger partial charge in [0.1, 0.15) is 5.75 Å². The molecule has 3 atom stereocenters. The molecule has 21 heavy (non-hydrogen) atoms. The zero-order valence-electron chi connectivity index (χ0n) is 13.9. The Morgan fingerprint density at radius 1 is 1.33 bits per heavy atom. The summed E-state index contributed by atoms with van der Waals surface area (Å²) in [6, 6.07) is 6.35. The number of phenols is 1. The highest BCUT2D eigenvalue weighted by molar-refractivity contribution is 5.54. The van der Waals surface area contributed by atoms with Crippen LogP contribution in [0, 0.1) is 11.8 Å². The van der Waals surface area contributed by atoms with E-state index in [0.717, 1.165) is 43.2 Å². The lowest BCUT2D eigenvalue weighted by Gasteiger charge is -2.37. The maximum atomic E-state index is 10.3. The minimum atomic E-state index is 0.194. The summed E-state index contributed by atoms with van der Waals surface area (Å²) in [4.78, 5) is 2.40. The van der Waals surface area contributed by atoms with Gasteiger partial charge in [0.2, 0.25) is 0 Å². The molecule has 0 amide bonds. The largest absolute Gasteiger partial charge is 0.508 e. The van der Waals surface area contributed by atoms with Gasteiger partial charge in [-0.1, -0.05) is 26.8 Å². The first-order valence-electron chi connectivity index (χ1n) is 8.34. The highest BCUT2D eigenvalue weighted by Crippen LogP contribution is 2.32. The molecule has 3 nitrogen and oxygen atoms in total. The first-order valence-corrected chi connectivity index (χ1v) is 8.34. The summed E-state index contributed by atoms with van der Waals surface area (Å²) in [5.74, 6) is 1.92. The first kappa shape index (κ1) is 16.2. The molecule has 3 heteroatoms. The molecule has 1 aromatic carbocycles. The Kier molecular flexibility index (Phi) is 5.51. The van der Waals surface area contributed by atoms with Crippen molar-refractivity contribution in [3.63, 3.8) is 0 Å². The molecule has 3 unspecified atom stereocenters. The van der Waals surface area contributed by atoms with Crippen molar-refractivity contribution in [2.24, 2.45) is 11.8 Å². The van der Waals surface area contributed by atoms with Gasteiger partial charge in [-0.15, -0.1) is 0 Å². The first-order chi connectivity index (χ1) is 10.0. The lowest BCUT2D eigenvalue weighted by atomic mass is 9.88. The lowest BCUT2D eigenvalue weighted by Crippen LogP contribution is -2.38. The molecule has 0 saturated carbocycles. The summed E-state index contributed by atoms with van der Waals surface area (Å²) in [5, 5.41) is 13.8. The lowest BCUT2D eigenvalue weighted by molar-refractivity contribution is 0.323. The molecule has 118 valence electrons. The minimum Gasteiger partial charge on any atom is -0.508 e. The van der Waals surface area contributed by atoms with Gasteiger partial charge in [0.15, 0.2) is 0 Å². The van der Waals surface area contributed by atoms with E-state index in [0.29, 0.717) is 11.7 Å². The molecule has 0 aromatic heterocycles. The zero-order chi connectivity index (χ0) is 15.4. The van der Waals surface area contributed by atoms with Crippen LogP contribution in [0.3, 0.4) is 0 Å². The monoisotopic (exact) mass is 290 g/mol. The van der Waals surface area contributed by atoms with Crippen LogP contribution >= 0.6 is 0 Å². The smallest absolute Gasteiger partial charge is 0.122 e. The molecule has 0 radical (unpaired) electrons. The van der Waals surface area contributed by atoms with Gasteiger partial charge in [0.25, 0.3) is 0 Å². The van der Waals surface area contributed by atoms with Gasteiger partial charge in [-0.05, 0) is 44.2 Å². The van der Waals surface area contributed by atoms with Gasteiger partial charge in [-0.3, -0.25) is 0 Å². The third-order valence-corrected chi connectivity index (χ3v) is 4.88. The predicted molar refractivity (Wildman–Crippen MR) is 90.0 cm³/mol. The van der Waals surface area contributed by atoms with Gasteiger partial charge in [0, 0.05) is 36.4 Å². The van der Waals surface area contributed by atoms with Crippen molar-refractivity contribution < 1.29 is 5.11 Å². The Morgan fingerprint density at radius 2 is 2.10 bits per heavy atom. The highest BCUT2D eigenvalue weighted by Gasteiger charge is 2.23. The maximum Gasteiger partial charge on any atom is 0.122 e. The van der Waals surface area contributed by atoms with Gasteiger partial charge in [-0.25, -0.2) is 0 Å². The summed E-state index contributed by atoms with van der Waals surface area (Å²) in [6.45, 7) is 12.1. The summed E-state index contributed by atoms with van der Waals surface area (Å²) in [6.07, 6.45) is 2.34. The van der Waals surface area contributed by atoms with E-state index >= 15 is 0 Å². The molecule has 1 aromatic rings. The second-order valence-electron chi connectivity index (χ2n) is 6.61. The maximum absolute atomic E-state index is 10.3. The fourth-order valence-corrected chi connectivity index (χ4v) is 3.06. The fourth-order valence-electron chi connectivity index (χ4n) is 3.06. The van der Waals surface area contributed by atoms with E-state index in [4.69, 9.17) is 0 Å². The van der Waals surface area contributed by atoms with E-state index in [1.165, 1.54) is 6.42 Å². The van der Waals surface area contributed by atoms with Gasteiger partial charge in [-0.2, -0.15) is 0 Å². The van der Waals surface area contributed by atoms with E-state index < -0.39 is 0 Å². The van der Waals surface area contributed by atoms with Crippen LogP contribution < -0.4 is 10.2 Å². The summed E-state index contributed by atoms with van der Waals surface area (Å²) in [5.41, 5.74) is 2.14. The predicted octanol–water partition coefficient (Wildman–Crippen LogP) is 3.94. The third-order valence-electron chi connectivity index (χ3n) is 4.88. The molecule has 1 heterocycles. The van der Waals surface area contributed by atoms with Crippen molar-refractivity contribution in [3.8, 4) is 5.75 Å². The molecule has 1 fully saturated rings. The van der Waals surface area contributed by atoms with Gasteiger partial charge >= 0.3 is 0 Å². The summed E-state index contributed by atoms with van der Waals surface area (Å²) >= 11 is 0. The average molecular weight is 290 g/mol. The molecule has 0 aliphatic carbocycles. The van der Waals surface area contributed by atoms with Gasteiger partial charge in [0.05, 0.1) is 0 Å². The molecular formula is C18H30N2O. The minimum absolute atomic E-state index is 0.194. The van der Waals surface area contributed by atoms with Crippen molar-refractivity contribution in [2.45, 2.75) is 46.6 Å². The number of hydrogen-bond donors (Lipinski definition) is 2. The second kappa shape index (κ2) is 7.17. The molecule has 2 N–H and O–H groups in total. The molecule has 1 saturated heterocycles. The molecular weight excluding hydrogens is 260 g/mol. The molecule has 1 aliphatic rings. The van der Waals surface area contributed by atoms with E-state index in [1.807, 2.05) is 6.07 Å². The van der Waals surface area contributed by atoms with Crippen LogP contribution in [-0.2, 0) is 0 Å². The quantitative estimate of drug-likeness (QED) is 0.862. The Labute approximate surface area is 129 Å². The zero-order valence-corrected chi connectivity index (χ0v) is 13.9. The normalized spacial score (nSPS) is 24.1. The molecule has 0 spiro atoms. The fraction of sp³-hybridized carbons (Fsp3) is 0.667. The SMILES string of the molecule is CCCNC(C)c1ccc(N2CCC(C)C(C)C2)cc1O. The Hall–Kier alpha value is -1.22. The van der Waals surface area contributed by atoms with Crippen molar-refractivity contribution in [1.29, 1.82) is 0 Å². The van der Waals surface area contributed by atoms with Crippen LogP contribution in [0.4, 0.5) is 5.69 Å². The number of phenolic OH excluding ortho intramolecular Hbond substituents is 1.